The lowest BCUT2D eigenvalue weighted by molar-refractivity contribution is -0.0759. The van der Waals surface area contributed by atoms with Gasteiger partial charge in [0.25, 0.3) is 0 Å². The Morgan fingerprint density at radius 2 is 1.50 bits per heavy atom. The van der Waals surface area contributed by atoms with Crippen molar-refractivity contribution in [2.45, 2.75) is 71.6 Å². The molecule has 0 aromatic heterocycles. The van der Waals surface area contributed by atoms with Crippen molar-refractivity contribution in [1.82, 2.24) is 10.2 Å². The van der Waals surface area contributed by atoms with Crippen LogP contribution in [0.25, 0.3) is 0 Å². The number of hydrogen-bond acceptors (Lipinski definition) is 5. The topological polar surface area (TPSA) is 63.2 Å². The minimum Gasteiger partial charge on any atom is -0.444 e. The third kappa shape index (κ3) is 6.88. The van der Waals surface area contributed by atoms with Crippen LogP contribution >= 0.6 is 0 Å². The highest BCUT2D eigenvalue weighted by atomic mass is 16.6. The Labute approximate surface area is 226 Å². The Morgan fingerprint density at radius 1 is 0.947 bits per heavy atom. The van der Waals surface area contributed by atoms with E-state index < -0.39 is 11.3 Å². The third-order valence-corrected chi connectivity index (χ3v) is 6.41. The van der Waals surface area contributed by atoms with Crippen molar-refractivity contribution in [3.63, 3.8) is 0 Å². The summed E-state index contributed by atoms with van der Waals surface area (Å²) in [4.78, 5) is 19.6. The maximum Gasteiger partial charge on any atom is 0.413 e. The van der Waals surface area contributed by atoms with Crippen molar-refractivity contribution in [1.29, 1.82) is 0 Å². The number of carbonyl (C=O) groups is 1. The average molecular weight is 514 g/mol. The third-order valence-electron chi connectivity index (χ3n) is 6.41. The molecule has 1 aliphatic heterocycles. The molecule has 3 aromatic carbocycles. The summed E-state index contributed by atoms with van der Waals surface area (Å²) in [7, 11) is 0. The van der Waals surface area contributed by atoms with Gasteiger partial charge in [0.15, 0.2) is 0 Å². The Kier molecular flexibility index (Phi) is 8.34. The lowest BCUT2D eigenvalue weighted by atomic mass is 10.0. The zero-order valence-corrected chi connectivity index (χ0v) is 23.3. The molecule has 1 aliphatic rings. The highest BCUT2D eigenvalue weighted by Crippen LogP contribution is 2.32. The molecule has 0 bridgehead atoms. The molecule has 6 nitrogen and oxygen atoms in total. The summed E-state index contributed by atoms with van der Waals surface area (Å²) in [6.45, 7) is 12.1. The second-order valence-electron chi connectivity index (χ2n) is 11.1. The van der Waals surface area contributed by atoms with Crippen molar-refractivity contribution < 1.29 is 14.3 Å². The van der Waals surface area contributed by atoms with Crippen molar-refractivity contribution in [2.24, 2.45) is 4.99 Å². The fourth-order valence-corrected chi connectivity index (χ4v) is 4.74. The molecule has 1 heterocycles. The van der Waals surface area contributed by atoms with E-state index in [1.54, 1.807) is 4.90 Å². The molecule has 4 rings (SSSR count). The zero-order chi connectivity index (χ0) is 27.3. The molecule has 0 saturated carbocycles. The van der Waals surface area contributed by atoms with Crippen molar-refractivity contribution in [3.05, 3.63) is 102 Å². The first-order valence-electron chi connectivity index (χ1n) is 13.3. The number of benzene rings is 3. The molecule has 200 valence electrons. The lowest BCUT2D eigenvalue weighted by Gasteiger charge is -2.35. The van der Waals surface area contributed by atoms with Crippen LogP contribution in [0.4, 0.5) is 10.5 Å². The summed E-state index contributed by atoms with van der Waals surface area (Å²) >= 11 is 0. The molecule has 1 fully saturated rings. The van der Waals surface area contributed by atoms with Gasteiger partial charge in [0, 0.05) is 17.7 Å². The number of amides is 1. The first-order valence-corrected chi connectivity index (χ1v) is 13.3. The van der Waals surface area contributed by atoms with Crippen molar-refractivity contribution in [3.8, 4) is 0 Å². The molecule has 6 heteroatoms. The number of nitrogens with one attached hydrogen (secondary N) is 1. The second-order valence-corrected chi connectivity index (χ2v) is 11.1. The van der Waals surface area contributed by atoms with Crippen LogP contribution in [0.1, 0.15) is 58.2 Å². The van der Waals surface area contributed by atoms with E-state index in [-0.39, 0.29) is 18.4 Å². The second kappa shape index (κ2) is 11.5. The molecule has 1 amide bonds. The summed E-state index contributed by atoms with van der Waals surface area (Å²) < 4.78 is 11.7. The van der Waals surface area contributed by atoms with Crippen LogP contribution in [-0.4, -0.2) is 46.8 Å². The van der Waals surface area contributed by atoms with Crippen LogP contribution < -0.4 is 5.32 Å². The van der Waals surface area contributed by atoms with Gasteiger partial charge < -0.3 is 9.47 Å². The van der Waals surface area contributed by atoms with Gasteiger partial charge in [0.2, 0.25) is 0 Å². The average Bonchev–Trinajstić information content (AvgIpc) is 3.10. The standard InChI is InChI=1S/C32H39N3O3/c1-23-29(35(32(5,6)37-23)30(36)38-31(2,3)4)33-22-21-24-17-19-27(20-18-24)34-28(25-13-9-7-10-14-25)26-15-11-8-12-16-26/h7-20,23,29,33H,21-22H2,1-6H3/t23-,29+/m0/s1. The van der Waals surface area contributed by atoms with Gasteiger partial charge in [-0.1, -0.05) is 72.8 Å². The number of hydrogen-bond donors (Lipinski definition) is 1. The summed E-state index contributed by atoms with van der Waals surface area (Å²) in [6, 6.07) is 28.8. The van der Waals surface area contributed by atoms with Crippen molar-refractivity contribution >= 4 is 17.5 Å². The SMILES string of the molecule is C[C@@H]1OC(C)(C)N(C(=O)OC(C)(C)C)[C@H]1NCCc1ccc(N=C(c2ccccc2)c2ccccc2)cc1. The van der Waals surface area contributed by atoms with E-state index in [1.165, 1.54) is 5.56 Å². The van der Waals surface area contributed by atoms with E-state index >= 15 is 0 Å². The molecule has 0 radical (unpaired) electrons. The predicted octanol–water partition coefficient (Wildman–Crippen LogP) is 6.71. The highest BCUT2D eigenvalue weighted by Gasteiger charge is 2.49. The van der Waals surface area contributed by atoms with Gasteiger partial charge in [0.1, 0.15) is 17.5 Å². The molecule has 38 heavy (non-hydrogen) atoms. The summed E-state index contributed by atoms with van der Waals surface area (Å²) in [5.41, 5.74) is 3.87. The Morgan fingerprint density at radius 3 is 2.03 bits per heavy atom. The predicted molar refractivity (Wildman–Crippen MR) is 153 cm³/mol. The zero-order valence-electron chi connectivity index (χ0n) is 23.3. The van der Waals surface area contributed by atoms with Gasteiger partial charge in [-0.05, 0) is 65.7 Å². The van der Waals surface area contributed by atoms with E-state index in [0.717, 1.165) is 28.9 Å². The van der Waals surface area contributed by atoms with E-state index in [4.69, 9.17) is 14.5 Å². The minimum atomic E-state index is -0.756. The highest BCUT2D eigenvalue weighted by molar-refractivity contribution is 6.13. The van der Waals surface area contributed by atoms with Gasteiger partial charge in [-0.3, -0.25) is 10.2 Å². The maximum absolute atomic E-state index is 13.0. The Hall–Kier alpha value is -3.48. The quantitative estimate of drug-likeness (QED) is 0.357. The molecule has 2 atom stereocenters. The van der Waals surface area contributed by atoms with Crippen LogP contribution in [-0.2, 0) is 15.9 Å². The Balaban J connectivity index is 1.43. The van der Waals surface area contributed by atoms with Crippen molar-refractivity contribution in [2.75, 3.05) is 6.54 Å². The molecule has 3 aromatic rings. The largest absolute Gasteiger partial charge is 0.444 e. The van der Waals surface area contributed by atoms with E-state index in [9.17, 15) is 4.79 Å². The van der Waals surface area contributed by atoms with Crippen LogP contribution in [0.5, 0.6) is 0 Å². The van der Waals surface area contributed by atoms with Gasteiger partial charge in [-0.25, -0.2) is 9.79 Å². The van der Waals surface area contributed by atoms with Crippen LogP contribution in [0.15, 0.2) is 89.9 Å². The maximum atomic E-state index is 13.0. The van der Waals surface area contributed by atoms with Gasteiger partial charge in [-0.2, -0.15) is 0 Å². The lowest BCUT2D eigenvalue weighted by Crippen LogP contribution is -2.55. The molecule has 1 N–H and O–H groups in total. The molecule has 0 unspecified atom stereocenters. The van der Waals surface area contributed by atoms with E-state index in [1.807, 2.05) is 77.9 Å². The number of ether oxygens (including phenoxy) is 2. The normalized spacial score (nSPS) is 18.7. The summed E-state index contributed by atoms with van der Waals surface area (Å²) in [5, 5.41) is 3.51. The fraction of sp³-hybridized carbons (Fsp3) is 0.375. The smallest absolute Gasteiger partial charge is 0.413 e. The number of rotatable bonds is 7. The molecular formula is C32H39N3O3. The number of nitrogens with zero attached hydrogens (tertiary/aromatic N) is 2. The number of aliphatic imine (C=N–C) groups is 1. The summed E-state index contributed by atoms with van der Waals surface area (Å²) in [6.07, 6.45) is -0.00844. The van der Waals surface area contributed by atoms with Crippen LogP contribution in [0, 0.1) is 0 Å². The Bertz CT molecular complexity index is 1190. The monoisotopic (exact) mass is 513 g/mol. The summed E-state index contributed by atoms with van der Waals surface area (Å²) in [5.74, 6) is 0. The van der Waals surface area contributed by atoms with E-state index in [0.29, 0.717) is 6.54 Å². The first-order chi connectivity index (χ1) is 18.0. The van der Waals surface area contributed by atoms with Crippen LogP contribution in [0.2, 0.25) is 0 Å². The molecular weight excluding hydrogens is 474 g/mol. The van der Waals surface area contributed by atoms with Gasteiger partial charge in [-0.15, -0.1) is 0 Å². The van der Waals surface area contributed by atoms with Crippen LogP contribution in [0.3, 0.4) is 0 Å². The minimum absolute atomic E-state index is 0.163. The molecule has 0 aliphatic carbocycles. The first kappa shape index (κ1) is 27.6. The molecule has 1 saturated heterocycles. The fourth-order valence-electron chi connectivity index (χ4n) is 4.74. The van der Waals surface area contributed by atoms with Gasteiger partial charge in [0.05, 0.1) is 17.5 Å². The van der Waals surface area contributed by atoms with E-state index in [2.05, 4.69) is 53.8 Å². The number of carbonyl (C=O) groups excluding carboxylic acids is 1. The molecule has 0 spiro atoms. The van der Waals surface area contributed by atoms with Gasteiger partial charge >= 0.3 is 6.09 Å².